The number of nitrogens with zero attached hydrogens (tertiary/aromatic N) is 1. The summed E-state index contributed by atoms with van der Waals surface area (Å²) in [6.45, 7) is 2.08. The van der Waals surface area contributed by atoms with Gasteiger partial charge in [0, 0.05) is 24.7 Å². The Hall–Kier alpha value is -1.69. The molecule has 0 bridgehead atoms. The lowest BCUT2D eigenvalue weighted by atomic mass is 9.98. The van der Waals surface area contributed by atoms with Gasteiger partial charge in [-0.05, 0) is 31.9 Å². The minimum Gasteiger partial charge on any atom is -0.378 e. The number of rotatable bonds is 3. The van der Waals surface area contributed by atoms with Crippen LogP contribution in [-0.4, -0.2) is 36.0 Å². The molecule has 2 atom stereocenters. The fraction of sp³-hybridized carbons (Fsp3) is 0.533. The third-order valence-electron chi connectivity index (χ3n) is 4.52. The zero-order valence-corrected chi connectivity index (χ0v) is 11.7. The van der Waals surface area contributed by atoms with Gasteiger partial charge in [0.25, 0.3) is 5.91 Å². The molecule has 3 N–H and O–H groups in total. The number of primary amides is 1. The van der Waals surface area contributed by atoms with Crippen molar-refractivity contribution < 1.29 is 13.6 Å². The molecular formula is C15H19F2N3O. The first-order chi connectivity index (χ1) is 10.1. The van der Waals surface area contributed by atoms with Crippen LogP contribution in [0.25, 0.3) is 0 Å². The summed E-state index contributed by atoms with van der Waals surface area (Å²) in [5.74, 6) is -2.50. The number of carbonyl (C=O) groups excluding carboxylic acids is 1. The first-order valence-corrected chi connectivity index (χ1v) is 7.35. The maximum atomic E-state index is 13.9. The molecule has 2 aliphatic rings. The second-order valence-corrected chi connectivity index (χ2v) is 5.81. The number of fused-ring (bicyclic) bond motifs is 1. The normalized spacial score (nSPS) is 25.6. The Kier molecular flexibility index (Phi) is 3.80. The zero-order valence-electron chi connectivity index (χ0n) is 11.7. The summed E-state index contributed by atoms with van der Waals surface area (Å²) in [7, 11) is 0. The summed E-state index contributed by atoms with van der Waals surface area (Å²) in [6, 6.07) is 2.42. The van der Waals surface area contributed by atoms with Crippen LogP contribution in [0.4, 0.5) is 14.5 Å². The molecule has 21 heavy (non-hydrogen) atoms. The number of halogens is 2. The number of carbonyl (C=O) groups is 1. The molecule has 1 amide bonds. The van der Waals surface area contributed by atoms with E-state index < -0.39 is 17.5 Å². The highest BCUT2D eigenvalue weighted by Crippen LogP contribution is 2.30. The average Bonchev–Trinajstić information content (AvgIpc) is 2.85. The van der Waals surface area contributed by atoms with Crippen LogP contribution in [0.5, 0.6) is 0 Å². The molecule has 0 radical (unpaired) electrons. The fourth-order valence-electron chi connectivity index (χ4n) is 3.46. The molecule has 2 aliphatic heterocycles. The molecule has 0 saturated carbocycles. The lowest BCUT2D eigenvalue weighted by Gasteiger charge is -2.33. The van der Waals surface area contributed by atoms with E-state index in [4.69, 9.17) is 5.73 Å². The Balaban J connectivity index is 1.81. The number of amides is 1. The van der Waals surface area contributed by atoms with Crippen molar-refractivity contribution >= 4 is 11.6 Å². The summed E-state index contributed by atoms with van der Waals surface area (Å²) in [4.78, 5) is 13.6. The number of benzene rings is 1. The Morgan fingerprint density at radius 1 is 1.19 bits per heavy atom. The second-order valence-electron chi connectivity index (χ2n) is 5.81. The molecule has 0 aliphatic carbocycles. The summed E-state index contributed by atoms with van der Waals surface area (Å²) >= 11 is 0. The van der Waals surface area contributed by atoms with Crippen molar-refractivity contribution in [3.05, 3.63) is 29.3 Å². The van der Waals surface area contributed by atoms with E-state index in [9.17, 15) is 13.6 Å². The summed E-state index contributed by atoms with van der Waals surface area (Å²) in [5, 5.41) is 3.14. The summed E-state index contributed by atoms with van der Waals surface area (Å²) in [6.07, 6.45) is 4.40. The van der Waals surface area contributed by atoms with Gasteiger partial charge >= 0.3 is 0 Å². The third-order valence-corrected chi connectivity index (χ3v) is 4.52. The molecule has 0 spiro atoms. The van der Waals surface area contributed by atoms with Gasteiger partial charge in [0.05, 0.1) is 11.3 Å². The van der Waals surface area contributed by atoms with Gasteiger partial charge in [0.1, 0.15) is 11.6 Å². The summed E-state index contributed by atoms with van der Waals surface area (Å²) in [5.41, 5.74) is 4.99. The maximum Gasteiger partial charge on any atom is 0.251 e. The third kappa shape index (κ3) is 2.72. The van der Waals surface area contributed by atoms with Gasteiger partial charge in [-0.15, -0.1) is 0 Å². The van der Waals surface area contributed by atoms with E-state index in [0.29, 0.717) is 6.04 Å². The van der Waals surface area contributed by atoms with Gasteiger partial charge < -0.3 is 11.1 Å². The predicted octanol–water partition coefficient (Wildman–Crippen LogP) is 2.10. The monoisotopic (exact) mass is 295 g/mol. The highest BCUT2D eigenvalue weighted by molar-refractivity contribution is 5.94. The van der Waals surface area contributed by atoms with Gasteiger partial charge in [-0.1, -0.05) is 6.42 Å². The first kappa shape index (κ1) is 14.3. The molecule has 1 aromatic rings. The average molecular weight is 295 g/mol. The first-order valence-electron chi connectivity index (χ1n) is 7.35. The molecule has 0 aromatic heterocycles. The van der Waals surface area contributed by atoms with Crippen molar-refractivity contribution in [1.82, 2.24) is 4.90 Å². The number of nitrogens with one attached hydrogen (secondary N) is 1. The predicted molar refractivity (Wildman–Crippen MR) is 76.1 cm³/mol. The molecule has 2 heterocycles. The van der Waals surface area contributed by atoms with E-state index in [1.54, 1.807) is 0 Å². The molecular weight excluding hydrogens is 276 g/mol. The van der Waals surface area contributed by atoms with Crippen molar-refractivity contribution in [3.8, 4) is 0 Å². The minimum absolute atomic E-state index is 0.131. The Bertz CT molecular complexity index is 564. The van der Waals surface area contributed by atoms with Crippen LogP contribution in [0.2, 0.25) is 0 Å². The Morgan fingerprint density at radius 2 is 2.00 bits per heavy atom. The number of hydrogen-bond acceptors (Lipinski definition) is 3. The lowest BCUT2D eigenvalue weighted by Crippen LogP contribution is -2.41. The van der Waals surface area contributed by atoms with Gasteiger partial charge in [-0.3, -0.25) is 9.69 Å². The Morgan fingerprint density at radius 3 is 2.76 bits per heavy atom. The number of nitrogens with two attached hydrogens (primary N) is 1. The smallest absolute Gasteiger partial charge is 0.251 e. The molecule has 3 rings (SSSR count). The SMILES string of the molecule is NC(=O)c1cc(NC2CCN3CCCCC23)c(F)cc1F. The molecule has 2 unspecified atom stereocenters. The second kappa shape index (κ2) is 5.60. The van der Waals surface area contributed by atoms with Gasteiger partial charge in [-0.2, -0.15) is 0 Å². The molecule has 6 heteroatoms. The largest absolute Gasteiger partial charge is 0.378 e. The standard InChI is InChI=1S/C15H19F2N3O/c16-10-8-11(17)13(7-9(10)15(18)21)19-12-4-6-20-5-2-1-3-14(12)20/h7-8,12,14,19H,1-6H2,(H2,18,21). The number of hydrogen-bond donors (Lipinski definition) is 2. The van der Waals surface area contributed by atoms with Crippen LogP contribution in [0.1, 0.15) is 36.0 Å². The fourth-order valence-corrected chi connectivity index (χ4v) is 3.46. The summed E-state index contributed by atoms with van der Waals surface area (Å²) < 4.78 is 27.4. The van der Waals surface area contributed by atoms with Crippen LogP contribution in [0.15, 0.2) is 12.1 Å². The van der Waals surface area contributed by atoms with Crippen LogP contribution in [-0.2, 0) is 0 Å². The zero-order chi connectivity index (χ0) is 15.0. The van der Waals surface area contributed by atoms with E-state index >= 15 is 0 Å². The van der Waals surface area contributed by atoms with E-state index in [1.807, 2.05) is 0 Å². The molecule has 1 aromatic carbocycles. The number of anilines is 1. The van der Waals surface area contributed by atoms with Crippen LogP contribution < -0.4 is 11.1 Å². The van der Waals surface area contributed by atoms with Gasteiger partial charge in [0.15, 0.2) is 0 Å². The van der Waals surface area contributed by atoms with Crippen molar-refractivity contribution in [2.24, 2.45) is 5.73 Å². The van der Waals surface area contributed by atoms with E-state index in [0.717, 1.165) is 32.0 Å². The van der Waals surface area contributed by atoms with Crippen molar-refractivity contribution in [2.75, 3.05) is 18.4 Å². The van der Waals surface area contributed by atoms with Gasteiger partial charge in [0.2, 0.25) is 0 Å². The molecule has 2 saturated heterocycles. The highest BCUT2D eigenvalue weighted by Gasteiger charge is 2.35. The van der Waals surface area contributed by atoms with Crippen molar-refractivity contribution in [3.63, 3.8) is 0 Å². The van der Waals surface area contributed by atoms with Crippen LogP contribution in [0, 0.1) is 11.6 Å². The van der Waals surface area contributed by atoms with E-state index in [2.05, 4.69) is 10.2 Å². The van der Waals surface area contributed by atoms with Crippen LogP contribution >= 0.6 is 0 Å². The minimum atomic E-state index is -0.920. The van der Waals surface area contributed by atoms with Crippen molar-refractivity contribution in [1.29, 1.82) is 0 Å². The molecule has 4 nitrogen and oxygen atoms in total. The molecule has 2 fully saturated rings. The maximum absolute atomic E-state index is 13.9. The van der Waals surface area contributed by atoms with Gasteiger partial charge in [-0.25, -0.2) is 8.78 Å². The van der Waals surface area contributed by atoms with Crippen molar-refractivity contribution in [2.45, 2.75) is 37.8 Å². The Labute approximate surface area is 122 Å². The van der Waals surface area contributed by atoms with E-state index in [-0.39, 0.29) is 17.3 Å². The number of piperidine rings is 1. The van der Waals surface area contributed by atoms with E-state index in [1.165, 1.54) is 18.9 Å². The van der Waals surface area contributed by atoms with Crippen LogP contribution in [0.3, 0.4) is 0 Å². The quantitative estimate of drug-likeness (QED) is 0.898. The highest BCUT2D eigenvalue weighted by atomic mass is 19.1. The molecule has 114 valence electrons. The topological polar surface area (TPSA) is 58.4 Å². The lowest BCUT2D eigenvalue weighted by molar-refractivity contribution is 0.0996.